The molecular weight excluding hydrogens is 1960 g/mol. The molecule has 0 unspecified atom stereocenters. The summed E-state index contributed by atoms with van der Waals surface area (Å²) >= 11 is 9.81. The van der Waals surface area contributed by atoms with Crippen molar-refractivity contribution >= 4 is 127 Å². The fourth-order valence-electron chi connectivity index (χ4n) is 12.4. The molecule has 0 aliphatic rings. The van der Waals surface area contributed by atoms with Crippen LogP contribution in [0.2, 0.25) is 0 Å². The van der Waals surface area contributed by atoms with E-state index >= 15 is 0 Å². The van der Waals surface area contributed by atoms with Gasteiger partial charge in [0.05, 0.1) is 61.3 Å². The number of phenols is 1. The first kappa shape index (κ1) is 111. The van der Waals surface area contributed by atoms with Crippen LogP contribution in [0.25, 0.3) is 84.0 Å². The Morgan fingerprint density at radius 1 is 0.381 bits per heavy atom. The number of ether oxygens (including phenoxy) is 8. The summed E-state index contributed by atoms with van der Waals surface area (Å²) in [5, 5.41) is 101. The second-order valence-corrected chi connectivity index (χ2v) is 29.4. The van der Waals surface area contributed by atoms with Crippen LogP contribution in [0.4, 0.5) is 10.1 Å². The molecule has 0 atom stereocenters. The minimum absolute atomic E-state index is 0.00580. The van der Waals surface area contributed by atoms with E-state index in [4.69, 9.17) is 109 Å². The molecule has 0 saturated carbocycles. The number of carboxylic acid groups (broad SMARTS) is 4. The third kappa shape index (κ3) is 32.2. The fraction of sp³-hybridized carbons (Fsp3) is 0.103. The zero-order valence-electron chi connectivity index (χ0n) is 76.7. The van der Waals surface area contributed by atoms with E-state index in [1.807, 2.05) is 52.2 Å². The van der Waals surface area contributed by atoms with Gasteiger partial charge in [-0.05, 0) is 175 Å². The summed E-state index contributed by atoms with van der Waals surface area (Å²) < 4.78 is 55.8. The molecule has 0 bridgehead atoms. The number of hydrogen-bond donors (Lipinski definition) is 17. The van der Waals surface area contributed by atoms with Gasteiger partial charge < -0.3 is 93.3 Å². The van der Waals surface area contributed by atoms with Gasteiger partial charge in [-0.1, -0.05) is 103 Å². The number of phenolic OH excluding ortho intramolecular Hbond substituents is 1. The van der Waals surface area contributed by atoms with E-state index in [-0.39, 0.29) is 88.8 Å². The molecule has 147 heavy (non-hydrogen) atoms. The quantitative estimate of drug-likeness (QED) is 0.0109. The van der Waals surface area contributed by atoms with Gasteiger partial charge in [0, 0.05) is 22.3 Å². The number of aliphatic carboxylic acids is 4. The number of H-pyrrole nitrogens is 12. The summed E-state index contributed by atoms with van der Waals surface area (Å²) in [6.07, 6.45) is 17.7. The van der Waals surface area contributed by atoms with E-state index in [2.05, 4.69) is 39.9 Å². The lowest BCUT2D eigenvalue weighted by Gasteiger charge is -2.11. The van der Waals surface area contributed by atoms with E-state index in [1.54, 1.807) is 164 Å². The zero-order valence-corrected chi connectivity index (χ0v) is 78.3. The molecule has 0 aliphatic heterocycles. The van der Waals surface area contributed by atoms with Gasteiger partial charge in [-0.25, -0.2) is 42.7 Å². The van der Waals surface area contributed by atoms with Gasteiger partial charge in [0.25, 0.3) is 27.8 Å². The molecule has 0 radical (unpaired) electrons. The summed E-state index contributed by atoms with van der Waals surface area (Å²) in [4.78, 5) is 195. The number of aryl methyl sites for hydroxylation is 1. The highest BCUT2D eigenvalue weighted by Gasteiger charge is 2.22. The number of halogens is 1. The predicted molar refractivity (Wildman–Crippen MR) is 533 cm³/mol. The van der Waals surface area contributed by atoms with Crippen LogP contribution in [0.1, 0.15) is 108 Å². The highest BCUT2D eigenvalue weighted by atomic mass is 32.1. The van der Waals surface area contributed by atoms with Gasteiger partial charge in [-0.3, -0.25) is 68.8 Å². The minimum atomic E-state index is -1.21. The number of hydrogen-bond acceptors (Lipinski definition) is 32. The maximum atomic E-state index is 13.9. The first-order valence-electron chi connectivity index (χ1n) is 41.5. The average Bonchev–Trinajstić information content (AvgIpc) is 0.806. The first-order chi connectivity index (χ1) is 70.3. The van der Waals surface area contributed by atoms with Crippen molar-refractivity contribution in [2.75, 3.05) is 54.4 Å². The van der Waals surface area contributed by atoms with Crippen LogP contribution < -0.4 is 94.0 Å². The van der Waals surface area contributed by atoms with Gasteiger partial charge in [-0.2, -0.15) is 26.3 Å². The van der Waals surface area contributed by atoms with E-state index in [0.717, 1.165) is 17.4 Å². The Morgan fingerprint density at radius 3 is 1.08 bits per heavy atom. The molecule has 17 N–H and O–H groups in total. The Balaban J connectivity index is 0.000000215. The molecule has 50 heteroatoms. The number of benzene rings is 7. The normalized spacial score (nSPS) is 10.5. The lowest BCUT2D eigenvalue weighted by Crippen LogP contribution is -2.25. The number of aromatic hydroxyl groups is 1. The van der Waals surface area contributed by atoms with Crippen molar-refractivity contribution in [2.45, 2.75) is 13.8 Å². The van der Waals surface area contributed by atoms with Crippen LogP contribution in [0.3, 0.4) is 0 Å². The molecule has 6 aromatic heterocycles. The molecule has 7 aromatic carbocycles. The van der Waals surface area contributed by atoms with Gasteiger partial charge in [-0.15, -0.1) is 0 Å². The maximum Gasteiger partial charge on any atom is 0.357 e. The van der Waals surface area contributed by atoms with E-state index < -0.39 is 129 Å². The Kier molecular flexibility index (Phi) is 41.0. The zero-order chi connectivity index (χ0) is 108. The third-order valence-corrected chi connectivity index (χ3v) is 19.2. The third-order valence-electron chi connectivity index (χ3n) is 18.8. The largest absolute Gasteiger partial charge is 0.505 e. The number of nitrogens with one attached hydrogen (secondary N) is 12. The summed E-state index contributed by atoms with van der Waals surface area (Å²) in [6.45, 7) is 1.84. The summed E-state index contributed by atoms with van der Waals surface area (Å²) in [6, 6.07) is 47.3. The molecule has 13 aromatic rings. The Morgan fingerprint density at radius 2 is 0.701 bits per heavy atom. The number of carboxylic acids is 4. The van der Waals surface area contributed by atoms with Gasteiger partial charge in [0.2, 0.25) is 0 Å². The second kappa shape index (κ2) is 54.2. The van der Waals surface area contributed by atoms with Crippen LogP contribution in [0.15, 0.2) is 187 Å². The standard InChI is InChI=1S/C20H14FN3O3.C16H13N3O6.C16H13N3O5S.C15H13N3O8.C15H11N3O5.C15H13N3O2S/c1-11-8-13(9-16(21)18(11)25)14-5-3-2-4-12(14)6-7-17-15(10-22)19(26)24-20(27)23-17;1-24-12-4-2-3-9(14(12)25-8-13(20)21)5-6-11-10(7-17)15(22)19-16(23)18-11;1-23-12-4-2-3-9(14(12)24-8-13(20)21)5-6-11-10(7-17)15(22)19-16(25)18-11;1-25-10-4-2-3-8(13(10)26-7-11(19)20)5-6-9-12(18(23)24)14(21)17-15(22)16-9;16-7-11-12(17-15(22)18-14(11)21)5-4-9-2-1-3-10(6-9)23-8-13(19)20;1-2-20-13-6-4-3-5-10(13)7-8-12-11(9-16)14(19)18-15(21)17-12/h2-9,25H,1H3,(H2,23,24,26,27);2-6H,8H2,1H3,(H,20,21)(H2,18,19,22,23);2-6H,8H2,1H3,(H,20,21)(H2,18,19,22,25);2-6H,7H2,1H3,(H,19,20)(H2,16,17,21,22);1-6H,8H2,(H,19,20)(H2,17,18,21,22);3-8H,2H2,1H3,(H2,17,18,19,21)/b7-6+;3*6-5+;5-4+;8-7+. The molecule has 0 aliphatic carbocycles. The Labute approximate surface area is 832 Å². The van der Waals surface area contributed by atoms with Gasteiger partial charge in [0.1, 0.15) is 75.4 Å². The number of methoxy groups -OCH3 is 3. The minimum Gasteiger partial charge on any atom is -0.505 e. The van der Waals surface area contributed by atoms with Crippen LogP contribution in [-0.2, 0) is 19.2 Å². The molecule has 748 valence electrons. The predicted octanol–water partition coefficient (Wildman–Crippen LogP) is 9.51. The summed E-state index contributed by atoms with van der Waals surface area (Å²) in [7, 11) is 4.19. The fourth-order valence-corrected chi connectivity index (χ4v) is 12.8. The van der Waals surface area contributed by atoms with Crippen LogP contribution in [0.5, 0.6) is 51.7 Å². The first-order valence-corrected chi connectivity index (χ1v) is 42.3. The van der Waals surface area contributed by atoms with Crippen molar-refractivity contribution in [1.29, 1.82) is 26.3 Å². The molecule has 6 heterocycles. The number of aromatic amines is 12. The summed E-state index contributed by atoms with van der Waals surface area (Å²) in [5.74, 6) is -3.24. The number of nitro groups is 1. The molecule has 0 saturated heterocycles. The van der Waals surface area contributed by atoms with Crippen molar-refractivity contribution < 1.29 is 91.9 Å². The van der Waals surface area contributed by atoms with Gasteiger partial charge >= 0.3 is 57.9 Å². The number of nitrogens with zero attached hydrogens (tertiary/aromatic N) is 6. The lowest BCUT2D eigenvalue weighted by molar-refractivity contribution is -0.386. The van der Waals surface area contributed by atoms with E-state index in [9.17, 15) is 86.7 Å². The molecule has 0 amide bonds. The number of rotatable bonds is 31. The number of aromatic nitrogens is 12. The van der Waals surface area contributed by atoms with Crippen LogP contribution in [-0.4, -0.2) is 169 Å². The van der Waals surface area contributed by atoms with E-state index in [1.165, 1.54) is 76.0 Å². The summed E-state index contributed by atoms with van der Waals surface area (Å²) in [5.41, 5.74) is -3.83. The smallest absolute Gasteiger partial charge is 0.357 e. The average molecular weight is 2040 g/mol. The van der Waals surface area contributed by atoms with Crippen LogP contribution >= 0.6 is 24.4 Å². The van der Waals surface area contributed by atoms with Crippen molar-refractivity contribution in [1.82, 2.24) is 59.8 Å². The maximum absolute atomic E-state index is 13.9. The van der Waals surface area contributed by atoms with Crippen molar-refractivity contribution in [3.8, 4) is 93.2 Å². The monoisotopic (exact) mass is 2040 g/mol. The molecule has 0 fully saturated rings. The lowest BCUT2D eigenvalue weighted by atomic mass is 9.97. The Bertz CT molecular complexity index is 8240. The number of para-hydroxylation sites is 4. The highest BCUT2D eigenvalue weighted by molar-refractivity contribution is 7.71. The Hall–Kier alpha value is -21.2. The number of nitriles is 5. The highest BCUT2D eigenvalue weighted by Crippen LogP contribution is 2.37. The van der Waals surface area contributed by atoms with E-state index in [0.29, 0.717) is 74.1 Å². The van der Waals surface area contributed by atoms with Crippen molar-refractivity contribution in [3.05, 3.63) is 370 Å². The van der Waals surface area contributed by atoms with Crippen LogP contribution in [0, 0.1) is 89.1 Å². The van der Waals surface area contributed by atoms with Gasteiger partial charge in [0.15, 0.2) is 82.0 Å². The van der Waals surface area contributed by atoms with Crippen molar-refractivity contribution in [2.24, 2.45) is 0 Å². The SMILES string of the molecule is CCOc1ccccc1/C=C/c1[nH]c(=S)[nH]c(=O)c1C#N.COc1cccc(/C=C/c2[nH]c(=O)[nH]c(=O)c2C#N)c1OCC(=O)O.COc1cccc(/C=C/c2[nH]c(=O)[nH]c(=O)c2[N+](=O)[O-])c1OCC(=O)O.COc1cccc(/C=C/c2[nH]c(=S)[nH]c(=O)c2C#N)c1OCC(=O)O.Cc1cc(-c2ccccc2/C=C/c2[nH]c(=O)[nH]c(=O)c2C#N)cc(F)c1O.N#Cc1c(/C=C/c2cccc(OCC(=O)O)c2)[nH]c(=O)[nH]c1=O. The second-order valence-electron chi connectivity index (χ2n) is 28.6. The molecular formula is C97H77FN18O29S2. The molecule has 0 spiro atoms. The topological polar surface area (TPSA) is 766 Å². The molecule has 13 rings (SSSR count). The van der Waals surface area contributed by atoms with Crippen molar-refractivity contribution in [3.63, 3.8) is 0 Å². The molecule has 47 nitrogen and oxygen atoms in total. The number of carbonyl (C=O) groups is 4.